The molecule has 62 valence electrons. The van der Waals surface area contributed by atoms with Crippen molar-refractivity contribution in [3.8, 4) is 0 Å². The zero-order chi connectivity index (χ0) is 8.27. The van der Waals surface area contributed by atoms with Gasteiger partial charge in [0, 0.05) is 25.7 Å². The first-order valence-electron chi connectivity index (χ1n) is 4.12. The summed E-state index contributed by atoms with van der Waals surface area (Å²) in [6.45, 7) is 6.16. The number of rotatable bonds is 1. The first-order chi connectivity index (χ1) is 5.22. The van der Waals surface area contributed by atoms with E-state index in [4.69, 9.17) is 0 Å². The van der Waals surface area contributed by atoms with Gasteiger partial charge in [0.25, 0.3) is 0 Å². The standard InChI is InChI=1S/C9H16N2/c1-4-10-9-5-8(2)6-11(3)7-9/h6H,4-5,7H2,1-3H3. The molecule has 1 aliphatic rings. The molecule has 0 bridgehead atoms. The highest BCUT2D eigenvalue weighted by molar-refractivity contribution is 5.89. The summed E-state index contributed by atoms with van der Waals surface area (Å²) >= 11 is 0. The zero-order valence-electron chi connectivity index (χ0n) is 7.59. The van der Waals surface area contributed by atoms with Gasteiger partial charge in [0.05, 0.1) is 6.54 Å². The van der Waals surface area contributed by atoms with Crippen molar-refractivity contribution < 1.29 is 0 Å². The third-order valence-corrected chi connectivity index (χ3v) is 1.74. The second kappa shape index (κ2) is 3.56. The van der Waals surface area contributed by atoms with Gasteiger partial charge in [0.15, 0.2) is 0 Å². The molecule has 0 fully saturated rings. The van der Waals surface area contributed by atoms with Gasteiger partial charge in [0.2, 0.25) is 0 Å². The molecule has 1 aliphatic heterocycles. The van der Waals surface area contributed by atoms with Crippen LogP contribution in [0.15, 0.2) is 16.8 Å². The molecule has 0 N–H and O–H groups in total. The summed E-state index contributed by atoms with van der Waals surface area (Å²) in [6.07, 6.45) is 3.26. The van der Waals surface area contributed by atoms with Crippen molar-refractivity contribution in [2.24, 2.45) is 4.99 Å². The van der Waals surface area contributed by atoms with Crippen LogP contribution < -0.4 is 0 Å². The summed E-state index contributed by atoms with van der Waals surface area (Å²) in [6, 6.07) is 0. The van der Waals surface area contributed by atoms with E-state index < -0.39 is 0 Å². The molecule has 0 aromatic heterocycles. The Kier molecular flexibility index (Phi) is 2.69. The number of nitrogens with zero attached hydrogens (tertiary/aromatic N) is 2. The van der Waals surface area contributed by atoms with Gasteiger partial charge in [-0.15, -0.1) is 0 Å². The van der Waals surface area contributed by atoms with Crippen LogP contribution in [0.4, 0.5) is 0 Å². The van der Waals surface area contributed by atoms with Crippen LogP contribution in [0.2, 0.25) is 0 Å². The second-order valence-corrected chi connectivity index (χ2v) is 3.11. The van der Waals surface area contributed by atoms with Gasteiger partial charge in [-0.2, -0.15) is 0 Å². The Morgan fingerprint density at radius 2 is 2.36 bits per heavy atom. The maximum atomic E-state index is 4.42. The monoisotopic (exact) mass is 152 g/mol. The maximum absolute atomic E-state index is 4.42. The molecule has 0 aliphatic carbocycles. The molecule has 2 nitrogen and oxygen atoms in total. The van der Waals surface area contributed by atoms with Gasteiger partial charge in [-0.3, -0.25) is 4.99 Å². The molecule has 11 heavy (non-hydrogen) atoms. The van der Waals surface area contributed by atoms with Crippen LogP contribution in [-0.4, -0.2) is 30.7 Å². The van der Waals surface area contributed by atoms with Crippen LogP contribution in [0.3, 0.4) is 0 Å². The Morgan fingerprint density at radius 3 is 2.91 bits per heavy atom. The zero-order valence-corrected chi connectivity index (χ0v) is 7.59. The number of hydrogen-bond donors (Lipinski definition) is 0. The highest BCUT2D eigenvalue weighted by Gasteiger charge is 2.08. The summed E-state index contributed by atoms with van der Waals surface area (Å²) in [7, 11) is 2.09. The van der Waals surface area contributed by atoms with Gasteiger partial charge in [-0.05, 0) is 20.0 Å². The summed E-state index contributed by atoms with van der Waals surface area (Å²) < 4.78 is 0. The van der Waals surface area contributed by atoms with Crippen molar-refractivity contribution in [3.63, 3.8) is 0 Å². The lowest BCUT2D eigenvalue weighted by Crippen LogP contribution is -2.26. The Balaban J connectivity index is 2.64. The average molecular weight is 152 g/mol. The van der Waals surface area contributed by atoms with E-state index in [-0.39, 0.29) is 0 Å². The Hall–Kier alpha value is -0.790. The minimum Gasteiger partial charge on any atom is -0.375 e. The largest absolute Gasteiger partial charge is 0.375 e. The van der Waals surface area contributed by atoms with Crippen molar-refractivity contribution in [2.75, 3.05) is 20.1 Å². The van der Waals surface area contributed by atoms with E-state index >= 15 is 0 Å². The van der Waals surface area contributed by atoms with E-state index in [1.807, 2.05) is 0 Å². The van der Waals surface area contributed by atoms with Gasteiger partial charge in [-0.1, -0.05) is 5.57 Å². The lowest BCUT2D eigenvalue weighted by Gasteiger charge is -2.22. The summed E-state index contributed by atoms with van der Waals surface area (Å²) in [4.78, 5) is 6.61. The summed E-state index contributed by atoms with van der Waals surface area (Å²) in [5.74, 6) is 0. The minimum absolute atomic E-state index is 0.913. The SMILES string of the molecule is CCN=C1CC(C)=CN(C)C1. The number of allylic oxidation sites excluding steroid dienone is 1. The molecule has 0 unspecified atom stereocenters. The molecule has 0 atom stereocenters. The van der Waals surface area contributed by atoms with Gasteiger partial charge in [-0.25, -0.2) is 0 Å². The highest BCUT2D eigenvalue weighted by Crippen LogP contribution is 2.10. The van der Waals surface area contributed by atoms with Crippen molar-refractivity contribution in [2.45, 2.75) is 20.3 Å². The fourth-order valence-electron chi connectivity index (χ4n) is 1.46. The van der Waals surface area contributed by atoms with Crippen LogP contribution in [0.1, 0.15) is 20.3 Å². The Bertz CT molecular complexity index is 192. The van der Waals surface area contributed by atoms with Gasteiger partial charge < -0.3 is 4.90 Å². The maximum Gasteiger partial charge on any atom is 0.0552 e. The average Bonchev–Trinajstić information content (AvgIpc) is 1.85. The number of hydrogen-bond acceptors (Lipinski definition) is 2. The molecule has 0 saturated carbocycles. The van der Waals surface area contributed by atoms with Gasteiger partial charge >= 0.3 is 0 Å². The van der Waals surface area contributed by atoms with Crippen LogP contribution in [0, 0.1) is 0 Å². The molecule has 0 spiro atoms. The predicted octanol–water partition coefficient (Wildman–Crippen LogP) is 1.69. The van der Waals surface area contributed by atoms with E-state index in [0.29, 0.717) is 0 Å². The molecule has 0 amide bonds. The first-order valence-corrected chi connectivity index (χ1v) is 4.12. The molecular formula is C9H16N2. The van der Waals surface area contributed by atoms with Crippen molar-refractivity contribution in [1.29, 1.82) is 0 Å². The molecule has 0 aromatic carbocycles. The lowest BCUT2D eigenvalue weighted by molar-refractivity contribution is 0.504. The molecule has 2 heteroatoms. The van der Waals surface area contributed by atoms with Crippen molar-refractivity contribution in [3.05, 3.63) is 11.8 Å². The fourth-order valence-corrected chi connectivity index (χ4v) is 1.46. The minimum atomic E-state index is 0.913. The third-order valence-electron chi connectivity index (χ3n) is 1.74. The van der Waals surface area contributed by atoms with Crippen LogP contribution >= 0.6 is 0 Å². The molecule has 0 saturated heterocycles. The molecule has 0 radical (unpaired) electrons. The molecular weight excluding hydrogens is 136 g/mol. The Labute approximate surface area is 68.6 Å². The second-order valence-electron chi connectivity index (χ2n) is 3.11. The first kappa shape index (κ1) is 8.31. The third kappa shape index (κ3) is 2.37. The number of aliphatic imine (C=N–C) groups is 1. The van der Waals surface area contributed by atoms with Crippen molar-refractivity contribution >= 4 is 5.71 Å². The molecule has 1 rings (SSSR count). The van der Waals surface area contributed by atoms with Gasteiger partial charge in [0.1, 0.15) is 0 Å². The van der Waals surface area contributed by atoms with Crippen LogP contribution in [0.5, 0.6) is 0 Å². The summed E-state index contributed by atoms with van der Waals surface area (Å²) in [5, 5.41) is 0. The normalized spacial score (nSPS) is 22.3. The van der Waals surface area contributed by atoms with Crippen LogP contribution in [0.25, 0.3) is 0 Å². The van der Waals surface area contributed by atoms with E-state index in [9.17, 15) is 0 Å². The topological polar surface area (TPSA) is 15.6 Å². The smallest absolute Gasteiger partial charge is 0.0552 e. The van der Waals surface area contributed by atoms with Crippen LogP contribution in [-0.2, 0) is 0 Å². The molecule has 1 heterocycles. The van der Waals surface area contributed by atoms with E-state index in [2.05, 4.69) is 37.0 Å². The lowest BCUT2D eigenvalue weighted by atomic mass is 10.1. The predicted molar refractivity (Wildman–Crippen MR) is 49.0 cm³/mol. The highest BCUT2D eigenvalue weighted by atomic mass is 15.1. The molecule has 0 aromatic rings. The van der Waals surface area contributed by atoms with E-state index in [1.165, 1.54) is 11.3 Å². The van der Waals surface area contributed by atoms with E-state index in [1.54, 1.807) is 0 Å². The Morgan fingerprint density at radius 1 is 1.64 bits per heavy atom. The fraction of sp³-hybridized carbons (Fsp3) is 0.667. The van der Waals surface area contributed by atoms with E-state index in [0.717, 1.165) is 19.5 Å². The van der Waals surface area contributed by atoms with Crippen molar-refractivity contribution in [1.82, 2.24) is 4.90 Å². The quantitative estimate of drug-likeness (QED) is 0.558. The summed E-state index contributed by atoms with van der Waals surface area (Å²) in [5.41, 5.74) is 2.72.